The molecule has 1 unspecified atom stereocenters. The van der Waals surface area contributed by atoms with Crippen LogP contribution in [0.4, 0.5) is 0 Å². The molecule has 1 fully saturated rings. The zero-order chi connectivity index (χ0) is 19.1. The van der Waals surface area contributed by atoms with Crippen LogP contribution in [0.3, 0.4) is 0 Å². The van der Waals surface area contributed by atoms with Gasteiger partial charge in [0, 0.05) is 12.5 Å². The lowest BCUT2D eigenvalue weighted by atomic mass is 9.94. The predicted molar refractivity (Wildman–Crippen MR) is 99.5 cm³/mol. The van der Waals surface area contributed by atoms with Crippen molar-refractivity contribution in [2.75, 3.05) is 20.2 Å². The highest BCUT2D eigenvalue weighted by Gasteiger charge is 2.29. The summed E-state index contributed by atoms with van der Waals surface area (Å²) in [5.74, 6) is 0.0560. The standard InChI is InChI=1S/C20H30N2O4/c1-14(2)11-18(20(25)26-3)21-19(24)16-7-9-22(10-8-16)13-15-5-4-6-17(23)12-15/h4-6,12,14,16,18,23H,7-11,13H2,1-3H3,(H,21,24). The van der Waals surface area contributed by atoms with E-state index in [0.29, 0.717) is 12.3 Å². The number of hydrogen-bond donors (Lipinski definition) is 2. The van der Waals surface area contributed by atoms with Crippen LogP contribution in [0.25, 0.3) is 0 Å². The molecule has 0 saturated carbocycles. The molecule has 0 radical (unpaired) electrons. The molecule has 0 bridgehead atoms. The van der Waals surface area contributed by atoms with Crippen LogP contribution in [0.15, 0.2) is 24.3 Å². The quantitative estimate of drug-likeness (QED) is 0.728. The number of carbonyl (C=O) groups excluding carboxylic acids is 2. The number of phenolic OH excluding ortho intramolecular Hbond substituents is 1. The largest absolute Gasteiger partial charge is 0.508 e. The number of ether oxygens (including phenoxy) is 1. The van der Waals surface area contributed by atoms with Crippen molar-refractivity contribution >= 4 is 11.9 Å². The number of esters is 1. The number of nitrogens with one attached hydrogen (secondary N) is 1. The smallest absolute Gasteiger partial charge is 0.328 e. The van der Waals surface area contributed by atoms with E-state index in [1.54, 1.807) is 12.1 Å². The van der Waals surface area contributed by atoms with Crippen LogP contribution in [-0.2, 0) is 20.9 Å². The Morgan fingerprint density at radius 1 is 1.31 bits per heavy atom. The van der Waals surface area contributed by atoms with Gasteiger partial charge in [-0.3, -0.25) is 9.69 Å². The Bertz CT molecular complexity index is 610. The van der Waals surface area contributed by atoms with Crippen molar-refractivity contribution in [1.29, 1.82) is 0 Å². The monoisotopic (exact) mass is 362 g/mol. The number of benzene rings is 1. The maximum absolute atomic E-state index is 12.5. The van der Waals surface area contributed by atoms with Crippen molar-refractivity contribution in [3.8, 4) is 5.75 Å². The van der Waals surface area contributed by atoms with E-state index >= 15 is 0 Å². The van der Waals surface area contributed by atoms with E-state index in [9.17, 15) is 14.7 Å². The minimum Gasteiger partial charge on any atom is -0.508 e. The van der Waals surface area contributed by atoms with Crippen molar-refractivity contribution in [2.24, 2.45) is 11.8 Å². The molecular weight excluding hydrogens is 332 g/mol. The van der Waals surface area contributed by atoms with Crippen molar-refractivity contribution < 1.29 is 19.4 Å². The molecule has 144 valence electrons. The Labute approximate surface area is 155 Å². The molecule has 6 nitrogen and oxygen atoms in total. The molecule has 1 aromatic carbocycles. The number of amides is 1. The van der Waals surface area contributed by atoms with Crippen molar-refractivity contribution in [2.45, 2.75) is 45.7 Å². The molecule has 26 heavy (non-hydrogen) atoms. The fraction of sp³-hybridized carbons (Fsp3) is 0.600. The van der Waals surface area contributed by atoms with Gasteiger partial charge in [-0.25, -0.2) is 4.79 Å². The number of carbonyl (C=O) groups is 2. The zero-order valence-electron chi connectivity index (χ0n) is 15.9. The number of phenols is 1. The lowest BCUT2D eigenvalue weighted by Gasteiger charge is -2.32. The molecule has 1 amide bonds. The van der Waals surface area contributed by atoms with E-state index in [4.69, 9.17) is 4.74 Å². The van der Waals surface area contributed by atoms with Crippen molar-refractivity contribution in [3.63, 3.8) is 0 Å². The van der Waals surface area contributed by atoms with Crippen LogP contribution in [0.1, 0.15) is 38.7 Å². The van der Waals surface area contributed by atoms with Gasteiger partial charge in [-0.1, -0.05) is 26.0 Å². The summed E-state index contributed by atoms with van der Waals surface area (Å²) in [6.07, 6.45) is 2.11. The van der Waals surface area contributed by atoms with Crippen LogP contribution < -0.4 is 5.32 Å². The number of piperidine rings is 1. The van der Waals surface area contributed by atoms with Crippen LogP contribution in [0, 0.1) is 11.8 Å². The van der Waals surface area contributed by atoms with Crippen LogP contribution in [0.2, 0.25) is 0 Å². The minimum absolute atomic E-state index is 0.0574. The fourth-order valence-corrected chi connectivity index (χ4v) is 3.38. The van der Waals surface area contributed by atoms with Gasteiger partial charge in [0.15, 0.2) is 0 Å². The lowest BCUT2D eigenvalue weighted by molar-refractivity contribution is -0.146. The van der Waals surface area contributed by atoms with Crippen LogP contribution in [-0.4, -0.2) is 48.1 Å². The third kappa shape index (κ3) is 6.02. The van der Waals surface area contributed by atoms with Gasteiger partial charge in [0.25, 0.3) is 0 Å². The summed E-state index contributed by atoms with van der Waals surface area (Å²) in [7, 11) is 1.35. The van der Waals surface area contributed by atoms with Crippen molar-refractivity contribution in [1.82, 2.24) is 10.2 Å². The first-order valence-electron chi connectivity index (χ1n) is 9.27. The Kier molecular flexibility index (Phi) is 7.45. The first kappa shape index (κ1) is 20.2. The van der Waals surface area contributed by atoms with Gasteiger partial charge in [0.1, 0.15) is 11.8 Å². The Balaban J connectivity index is 1.84. The number of hydrogen-bond acceptors (Lipinski definition) is 5. The number of nitrogens with zero attached hydrogens (tertiary/aromatic N) is 1. The molecule has 0 aromatic heterocycles. The average molecular weight is 362 g/mol. The van der Waals surface area contributed by atoms with E-state index in [1.807, 2.05) is 26.0 Å². The van der Waals surface area contributed by atoms with E-state index in [1.165, 1.54) is 7.11 Å². The summed E-state index contributed by atoms with van der Waals surface area (Å²) in [6, 6.07) is 6.69. The van der Waals surface area contributed by atoms with Crippen molar-refractivity contribution in [3.05, 3.63) is 29.8 Å². The Hall–Kier alpha value is -2.08. The summed E-state index contributed by atoms with van der Waals surface area (Å²) in [6.45, 7) is 6.44. The highest BCUT2D eigenvalue weighted by molar-refractivity contribution is 5.85. The average Bonchev–Trinajstić information content (AvgIpc) is 2.60. The second-order valence-electron chi connectivity index (χ2n) is 7.43. The minimum atomic E-state index is -0.571. The SMILES string of the molecule is COC(=O)C(CC(C)C)NC(=O)C1CCN(Cc2cccc(O)c2)CC1. The van der Waals surface area contributed by atoms with Gasteiger partial charge in [0.05, 0.1) is 7.11 Å². The zero-order valence-corrected chi connectivity index (χ0v) is 15.9. The molecule has 0 aliphatic carbocycles. The number of aromatic hydroxyl groups is 1. The third-order valence-electron chi connectivity index (χ3n) is 4.78. The summed E-state index contributed by atoms with van der Waals surface area (Å²) in [5.41, 5.74) is 1.07. The highest BCUT2D eigenvalue weighted by Crippen LogP contribution is 2.21. The first-order chi connectivity index (χ1) is 12.4. The maximum atomic E-state index is 12.5. The normalized spacial score (nSPS) is 17.1. The van der Waals surface area contributed by atoms with E-state index in [2.05, 4.69) is 10.2 Å². The molecule has 6 heteroatoms. The lowest BCUT2D eigenvalue weighted by Crippen LogP contribution is -2.47. The summed E-state index contributed by atoms with van der Waals surface area (Å²) in [5, 5.41) is 12.4. The Morgan fingerprint density at radius 2 is 2.00 bits per heavy atom. The molecular formula is C20H30N2O4. The van der Waals surface area contributed by atoms with E-state index in [-0.39, 0.29) is 23.5 Å². The van der Waals surface area contributed by atoms with Gasteiger partial charge in [0.2, 0.25) is 5.91 Å². The molecule has 1 aliphatic heterocycles. The molecule has 2 rings (SSSR count). The summed E-state index contributed by atoms with van der Waals surface area (Å²) >= 11 is 0. The fourth-order valence-electron chi connectivity index (χ4n) is 3.38. The number of rotatable bonds is 7. The number of methoxy groups -OCH3 is 1. The molecule has 1 aliphatic rings. The molecule has 2 N–H and O–H groups in total. The third-order valence-corrected chi connectivity index (χ3v) is 4.78. The topological polar surface area (TPSA) is 78.9 Å². The predicted octanol–water partition coefficient (Wildman–Crippen LogP) is 2.31. The van der Waals surface area contributed by atoms with E-state index < -0.39 is 6.04 Å². The summed E-state index contributed by atoms with van der Waals surface area (Å²) < 4.78 is 4.81. The van der Waals surface area contributed by atoms with Gasteiger partial charge in [-0.2, -0.15) is 0 Å². The van der Waals surface area contributed by atoms with Crippen LogP contribution in [0.5, 0.6) is 5.75 Å². The maximum Gasteiger partial charge on any atom is 0.328 e. The molecule has 0 spiro atoms. The molecule has 1 saturated heterocycles. The van der Waals surface area contributed by atoms with Gasteiger partial charge in [-0.15, -0.1) is 0 Å². The molecule has 1 heterocycles. The van der Waals surface area contributed by atoms with Crippen LogP contribution >= 0.6 is 0 Å². The van der Waals surface area contributed by atoms with Gasteiger partial charge >= 0.3 is 5.97 Å². The Morgan fingerprint density at radius 3 is 2.58 bits per heavy atom. The van der Waals surface area contributed by atoms with Gasteiger partial charge in [-0.05, 0) is 56.0 Å². The number of likely N-dealkylation sites (tertiary alicyclic amines) is 1. The summed E-state index contributed by atoms with van der Waals surface area (Å²) in [4.78, 5) is 26.7. The molecule has 1 atom stereocenters. The van der Waals surface area contributed by atoms with Gasteiger partial charge < -0.3 is 15.2 Å². The second-order valence-corrected chi connectivity index (χ2v) is 7.43. The highest BCUT2D eigenvalue weighted by atomic mass is 16.5. The molecule has 1 aromatic rings. The second kappa shape index (κ2) is 9.57. The first-order valence-corrected chi connectivity index (χ1v) is 9.27. The van der Waals surface area contributed by atoms with E-state index in [0.717, 1.165) is 38.0 Å².